The molecule has 24 heavy (non-hydrogen) atoms. The highest BCUT2D eigenvalue weighted by Crippen LogP contribution is 2.29. The molecule has 1 N–H and O–H groups in total. The fraction of sp³-hybridized carbons (Fsp3) is 0.350. The third-order valence-corrected chi connectivity index (χ3v) is 4.62. The highest BCUT2D eigenvalue weighted by Gasteiger charge is 2.30. The number of amides is 1. The first-order chi connectivity index (χ1) is 11.6. The summed E-state index contributed by atoms with van der Waals surface area (Å²) in [5.41, 5.74) is 1.70. The van der Waals surface area contributed by atoms with Crippen molar-refractivity contribution in [3.8, 4) is 0 Å². The van der Waals surface area contributed by atoms with Gasteiger partial charge in [-0.3, -0.25) is 4.79 Å². The minimum absolute atomic E-state index is 0.172. The second-order valence-electron chi connectivity index (χ2n) is 6.41. The minimum atomic E-state index is -0.576. The number of carbonyl (C=O) groups is 1. The number of carbonyl (C=O) groups excluding carboxylic acids is 1. The molecule has 2 atom stereocenters. The maximum atomic E-state index is 12.9. The molecule has 2 aromatic carbocycles. The van der Waals surface area contributed by atoms with E-state index in [1.165, 1.54) is 12.1 Å². The summed E-state index contributed by atoms with van der Waals surface area (Å²) in [6.45, 7) is 0.746. The lowest BCUT2D eigenvalue weighted by molar-refractivity contribution is -0.117. The first-order valence-corrected chi connectivity index (χ1v) is 8.42. The van der Waals surface area contributed by atoms with Crippen LogP contribution < -0.4 is 4.90 Å². The van der Waals surface area contributed by atoms with Gasteiger partial charge >= 0.3 is 0 Å². The lowest BCUT2D eigenvalue weighted by atomic mass is 9.97. The Kier molecular flexibility index (Phi) is 5.26. The van der Waals surface area contributed by atoms with Gasteiger partial charge in [0.05, 0.1) is 6.10 Å². The number of hydrogen-bond acceptors (Lipinski definition) is 2. The fourth-order valence-electron chi connectivity index (χ4n) is 3.28. The lowest BCUT2D eigenvalue weighted by Gasteiger charge is -2.17. The SMILES string of the molecule is O=C1CC(CCCC(O)c2ccc(F)cc2)CN1c1ccccc1. The Balaban J connectivity index is 1.47. The summed E-state index contributed by atoms with van der Waals surface area (Å²) >= 11 is 0. The van der Waals surface area contributed by atoms with Crippen molar-refractivity contribution in [1.82, 2.24) is 0 Å². The van der Waals surface area contributed by atoms with Gasteiger partial charge in [0.25, 0.3) is 0 Å². The average Bonchev–Trinajstić information content (AvgIpc) is 2.97. The van der Waals surface area contributed by atoms with E-state index >= 15 is 0 Å². The number of hydrogen-bond donors (Lipinski definition) is 1. The van der Waals surface area contributed by atoms with Crippen LogP contribution in [-0.4, -0.2) is 17.6 Å². The molecule has 2 aromatic rings. The summed E-state index contributed by atoms with van der Waals surface area (Å²) in [6, 6.07) is 15.7. The van der Waals surface area contributed by atoms with E-state index in [9.17, 15) is 14.3 Å². The van der Waals surface area contributed by atoms with Crippen molar-refractivity contribution in [3.05, 3.63) is 66.0 Å². The molecule has 4 heteroatoms. The summed E-state index contributed by atoms with van der Waals surface area (Å²) in [4.78, 5) is 14.0. The number of anilines is 1. The number of aliphatic hydroxyl groups is 1. The molecule has 0 spiro atoms. The maximum Gasteiger partial charge on any atom is 0.227 e. The summed E-state index contributed by atoms with van der Waals surface area (Å²) < 4.78 is 12.9. The Morgan fingerprint density at radius 1 is 1.12 bits per heavy atom. The van der Waals surface area contributed by atoms with Crippen LogP contribution in [0.5, 0.6) is 0 Å². The van der Waals surface area contributed by atoms with E-state index in [1.54, 1.807) is 12.1 Å². The van der Waals surface area contributed by atoms with Gasteiger partial charge in [-0.05, 0) is 48.6 Å². The molecule has 1 saturated heterocycles. The Hall–Kier alpha value is -2.20. The Morgan fingerprint density at radius 3 is 2.54 bits per heavy atom. The molecule has 0 aromatic heterocycles. The summed E-state index contributed by atoms with van der Waals surface area (Å²) in [5, 5.41) is 10.2. The highest BCUT2D eigenvalue weighted by atomic mass is 19.1. The zero-order chi connectivity index (χ0) is 16.9. The number of benzene rings is 2. The van der Waals surface area contributed by atoms with Gasteiger partial charge in [0.2, 0.25) is 5.91 Å². The van der Waals surface area contributed by atoms with Crippen LogP contribution >= 0.6 is 0 Å². The van der Waals surface area contributed by atoms with Gasteiger partial charge in [-0.15, -0.1) is 0 Å². The van der Waals surface area contributed by atoms with Crippen molar-refractivity contribution in [1.29, 1.82) is 0 Å². The standard InChI is InChI=1S/C20H22FNO2/c21-17-11-9-16(10-12-17)19(23)8-4-5-15-13-20(24)22(14-15)18-6-2-1-3-7-18/h1-3,6-7,9-12,15,19,23H,4-5,8,13-14H2. The summed E-state index contributed by atoms with van der Waals surface area (Å²) in [7, 11) is 0. The molecule has 3 nitrogen and oxygen atoms in total. The number of nitrogens with zero attached hydrogens (tertiary/aromatic N) is 1. The van der Waals surface area contributed by atoms with Crippen molar-refractivity contribution < 1.29 is 14.3 Å². The van der Waals surface area contributed by atoms with E-state index in [0.717, 1.165) is 30.6 Å². The second-order valence-corrected chi connectivity index (χ2v) is 6.41. The Labute approximate surface area is 141 Å². The predicted octanol–water partition coefficient (Wildman–Crippen LogP) is 4.08. The molecular formula is C20H22FNO2. The number of halogens is 1. The third kappa shape index (κ3) is 4.01. The molecule has 3 rings (SSSR count). The van der Waals surface area contributed by atoms with E-state index in [2.05, 4.69) is 0 Å². The molecule has 126 valence electrons. The molecule has 0 bridgehead atoms. The molecule has 0 saturated carbocycles. The van der Waals surface area contributed by atoms with E-state index in [1.807, 2.05) is 35.2 Å². The Morgan fingerprint density at radius 2 is 1.83 bits per heavy atom. The monoisotopic (exact) mass is 327 g/mol. The van der Waals surface area contributed by atoms with Gasteiger partial charge in [0.1, 0.15) is 5.82 Å². The van der Waals surface area contributed by atoms with Crippen LogP contribution in [0.4, 0.5) is 10.1 Å². The first kappa shape index (κ1) is 16.7. The molecule has 1 fully saturated rings. The molecule has 0 aliphatic carbocycles. The van der Waals surface area contributed by atoms with Crippen LogP contribution in [0.25, 0.3) is 0 Å². The van der Waals surface area contributed by atoms with Crippen molar-refractivity contribution in [2.75, 3.05) is 11.4 Å². The van der Waals surface area contributed by atoms with Crippen molar-refractivity contribution in [2.45, 2.75) is 31.8 Å². The first-order valence-electron chi connectivity index (χ1n) is 8.42. The Bertz CT molecular complexity index is 672. The van der Waals surface area contributed by atoms with E-state index in [0.29, 0.717) is 18.8 Å². The van der Waals surface area contributed by atoms with Gasteiger partial charge in [-0.25, -0.2) is 4.39 Å². The highest BCUT2D eigenvalue weighted by molar-refractivity contribution is 5.95. The van der Waals surface area contributed by atoms with Crippen LogP contribution in [0.3, 0.4) is 0 Å². The lowest BCUT2D eigenvalue weighted by Crippen LogP contribution is -2.24. The summed E-state index contributed by atoms with van der Waals surface area (Å²) in [6.07, 6.45) is 2.38. The van der Waals surface area contributed by atoms with Crippen LogP contribution in [0.2, 0.25) is 0 Å². The molecule has 1 aliphatic rings. The normalized spacial score (nSPS) is 18.8. The fourth-order valence-corrected chi connectivity index (χ4v) is 3.28. The van der Waals surface area contributed by atoms with Crippen LogP contribution in [0, 0.1) is 11.7 Å². The molecule has 1 aliphatic heterocycles. The summed E-state index contributed by atoms with van der Waals surface area (Å²) in [5.74, 6) is 0.208. The minimum Gasteiger partial charge on any atom is -0.388 e. The van der Waals surface area contributed by atoms with Gasteiger partial charge in [0.15, 0.2) is 0 Å². The molecule has 0 radical (unpaired) electrons. The smallest absolute Gasteiger partial charge is 0.227 e. The molecule has 2 unspecified atom stereocenters. The largest absolute Gasteiger partial charge is 0.388 e. The van der Waals surface area contributed by atoms with E-state index < -0.39 is 6.10 Å². The predicted molar refractivity (Wildman–Crippen MR) is 92.1 cm³/mol. The number of rotatable bonds is 6. The van der Waals surface area contributed by atoms with Gasteiger partial charge in [0, 0.05) is 18.7 Å². The van der Waals surface area contributed by atoms with Crippen LogP contribution in [0.1, 0.15) is 37.4 Å². The topological polar surface area (TPSA) is 40.5 Å². The molecule has 1 amide bonds. The number of aliphatic hydroxyl groups excluding tert-OH is 1. The zero-order valence-electron chi connectivity index (χ0n) is 13.6. The van der Waals surface area contributed by atoms with Gasteiger partial charge in [-0.1, -0.05) is 36.8 Å². The third-order valence-electron chi connectivity index (χ3n) is 4.62. The number of para-hydroxylation sites is 1. The van der Waals surface area contributed by atoms with E-state index in [4.69, 9.17) is 0 Å². The van der Waals surface area contributed by atoms with Crippen LogP contribution in [0.15, 0.2) is 54.6 Å². The quantitative estimate of drug-likeness (QED) is 0.868. The van der Waals surface area contributed by atoms with Crippen molar-refractivity contribution in [2.24, 2.45) is 5.92 Å². The van der Waals surface area contributed by atoms with Crippen LogP contribution in [-0.2, 0) is 4.79 Å². The molecular weight excluding hydrogens is 305 g/mol. The molecule has 1 heterocycles. The van der Waals surface area contributed by atoms with Crippen molar-refractivity contribution >= 4 is 11.6 Å². The average molecular weight is 327 g/mol. The van der Waals surface area contributed by atoms with Gasteiger partial charge in [-0.2, -0.15) is 0 Å². The zero-order valence-corrected chi connectivity index (χ0v) is 13.6. The maximum absolute atomic E-state index is 12.9. The van der Waals surface area contributed by atoms with Gasteiger partial charge < -0.3 is 10.0 Å². The second kappa shape index (κ2) is 7.58. The van der Waals surface area contributed by atoms with Crippen molar-refractivity contribution in [3.63, 3.8) is 0 Å². The van der Waals surface area contributed by atoms with E-state index in [-0.39, 0.29) is 11.7 Å².